The van der Waals surface area contributed by atoms with Gasteiger partial charge in [0.15, 0.2) is 0 Å². The normalized spacial score (nSPS) is 16.0. The third kappa shape index (κ3) is 4.01. The minimum absolute atomic E-state index is 0.155. The number of hydrogen-bond acceptors (Lipinski definition) is 4. The quantitative estimate of drug-likeness (QED) is 0.669. The van der Waals surface area contributed by atoms with Crippen LogP contribution in [-0.2, 0) is 4.79 Å². The molecule has 0 radical (unpaired) electrons. The number of rotatable bonds is 5. The standard InChI is InChI=1S/C17H21N3O2/c1-13(14-5-7-16(22-2)8-6-14)19-17(21)15(11-18)12-20-9-3-4-10-20/h5-8,12-13H,3-4,9-10H2,1-2H3,(H,19,21)/b15-12-. The topological polar surface area (TPSA) is 65.4 Å². The predicted octanol–water partition coefficient (Wildman–Crippen LogP) is 2.38. The molecule has 22 heavy (non-hydrogen) atoms. The Kier molecular flexibility index (Phi) is 5.42. The molecule has 1 amide bonds. The first-order valence-corrected chi connectivity index (χ1v) is 7.45. The number of nitrogens with one attached hydrogen (secondary N) is 1. The largest absolute Gasteiger partial charge is 0.497 e. The van der Waals surface area contributed by atoms with Crippen LogP contribution in [0.15, 0.2) is 36.0 Å². The maximum atomic E-state index is 12.2. The van der Waals surface area contributed by atoms with Crippen molar-refractivity contribution in [3.05, 3.63) is 41.6 Å². The smallest absolute Gasteiger partial charge is 0.263 e. The molecule has 1 aliphatic heterocycles. The van der Waals surface area contributed by atoms with Gasteiger partial charge in [0.1, 0.15) is 17.4 Å². The lowest BCUT2D eigenvalue weighted by Gasteiger charge is -2.16. The first-order valence-electron chi connectivity index (χ1n) is 7.45. The summed E-state index contributed by atoms with van der Waals surface area (Å²) in [6.45, 7) is 3.71. The van der Waals surface area contributed by atoms with E-state index in [2.05, 4.69) is 5.32 Å². The molecule has 116 valence electrons. The van der Waals surface area contributed by atoms with E-state index in [4.69, 9.17) is 4.74 Å². The van der Waals surface area contributed by atoms with Gasteiger partial charge < -0.3 is 15.0 Å². The zero-order valence-electron chi connectivity index (χ0n) is 13.0. The molecule has 5 heteroatoms. The Labute approximate surface area is 131 Å². The van der Waals surface area contributed by atoms with Gasteiger partial charge in [-0.05, 0) is 37.5 Å². The molecule has 0 bridgehead atoms. The Hall–Kier alpha value is -2.48. The van der Waals surface area contributed by atoms with Crippen molar-refractivity contribution >= 4 is 5.91 Å². The molecule has 2 rings (SSSR count). The number of carbonyl (C=O) groups excluding carboxylic acids is 1. The van der Waals surface area contributed by atoms with Gasteiger partial charge in [0.05, 0.1) is 13.2 Å². The van der Waals surface area contributed by atoms with E-state index in [0.717, 1.165) is 37.2 Å². The van der Waals surface area contributed by atoms with Crippen LogP contribution in [0.5, 0.6) is 5.75 Å². The van der Waals surface area contributed by atoms with Crippen molar-refractivity contribution in [2.75, 3.05) is 20.2 Å². The second kappa shape index (κ2) is 7.51. The third-order valence-corrected chi connectivity index (χ3v) is 3.78. The Morgan fingerprint density at radius 2 is 2.00 bits per heavy atom. The van der Waals surface area contributed by atoms with Crippen molar-refractivity contribution in [1.82, 2.24) is 10.2 Å². The molecule has 0 saturated carbocycles. The minimum atomic E-state index is -0.335. The molecule has 1 saturated heterocycles. The lowest BCUT2D eigenvalue weighted by molar-refractivity contribution is -0.117. The molecule has 0 aliphatic carbocycles. The van der Waals surface area contributed by atoms with Gasteiger partial charge in [0.25, 0.3) is 5.91 Å². The molecule has 0 aromatic heterocycles. The molecular formula is C17H21N3O2. The van der Waals surface area contributed by atoms with Crippen LogP contribution in [-0.4, -0.2) is 31.0 Å². The summed E-state index contributed by atoms with van der Waals surface area (Å²) in [5.41, 5.74) is 1.12. The van der Waals surface area contributed by atoms with Crippen molar-refractivity contribution in [1.29, 1.82) is 5.26 Å². The maximum absolute atomic E-state index is 12.2. The highest BCUT2D eigenvalue weighted by molar-refractivity contribution is 5.97. The minimum Gasteiger partial charge on any atom is -0.497 e. The van der Waals surface area contributed by atoms with Crippen LogP contribution in [0.3, 0.4) is 0 Å². The molecule has 1 fully saturated rings. The van der Waals surface area contributed by atoms with Gasteiger partial charge >= 0.3 is 0 Å². The van der Waals surface area contributed by atoms with E-state index in [1.165, 1.54) is 0 Å². The van der Waals surface area contributed by atoms with Crippen molar-refractivity contribution in [3.8, 4) is 11.8 Å². The second-order valence-corrected chi connectivity index (χ2v) is 5.37. The van der Waals surface area contributed by atoms with E-state index >= 15 is 0 Å². The highest BCUT2D eigenvalue weighted by atomic mass is 16.5. The molecule has 1 unspecified atom stereocenters. The Bertz CT molecular complexity index is 581. The molecule has 1 aliphatic rings. The van der Waals surface area contributed by atoms with Crippen molar-refractivity contribution < 1.29 is 9.53 Å². The first-order chi connectivity index (χ1) is 10.6. The molecule has 0 spiro atoms. The number of hydrogen-bond donors (Lipinski definition) is 1. The average molecular weight is 299 g/mol. The van der Waals surface area contributed by atoms with Gasteiger partial charge in [-0.2, -0.15) is 5.26 Å². The molecule has 1 aromatic rings. The highest BCUT2D eigenvalue weighted by Gasteiger charge is 2.16. The molecule has 1 N–H and O–H groups in total. The van der Waals surface area contributed by atoms with Crippen molar-refractivity contribution in [3.63, 3.8) is 0 Å². The van der Waals surface area contributed by atoms with Gasteiger partial charge in [0, 0.05) is 19.3 Å². The average Bonchev–Trinajstić information content (AvgIpc) is 3.05. The number of ether oxygens (including phenoxy) is 1. The van der Waals surface area contributed by atoms with Crippen LogP contribution in [0.25, 0.3) is 0 Å². The maximum Gasteiger partial charge on any atom is 0.263 e. The molecule has 1 aromatic carbocycles. The number of amides is 1. The summed E-state index contributed by atoms with van der Waals surface area (Å²) in [6.07, 6.45) is 3.89. The zero-order valence-corrected chi connectivity index (χ0v) is 13.0. The first kappa shape index (κ1) is 15.9. The highest BCUT2D eigenvalue weighted by Crippen LogP contribution is 2.18. The van der Waals surface area contributed by atoms with E-state index in [9.17, 15) is 10.1 Å². The van der Waals surface area contributed by atoms with Crippen LogP contribution < -0.4 is 10.1 Å². The summed E-state index contributed by atoms with van der Waals surface area (Å²) in [4.78, 5) is 14.2. The summed E-state index contributed by atoms with van der Waals surface area (Å²) in [5.74, 6) is 0.437. The van der Waals surface area contributed by atoms with E-state index in [0.29, 0.717) is 0 Å². The van der Waals surface area contributed by atoms with E-state index in [1.807, 2.05) is 42.2 Å². The molecule has 1 atom stereocenters. The lowest BCUT2D eigenvalue weighted by Crippen LogP contribution is -2.28. The number of methoxy groups -OCH3 is 1. The Morgan fingerprint density at radius 1 is 1.36 bits per heavy atom. The Morgan fingerprint density at radius 3 is 2.55 bits per heavy atom. The summed E-state index contributed by atoms with van der Waals surface area (Å²) < 4.78 is 5.11. The van der Waals surface area contributed by atoms with Gasteiger partial charge in [0.2, 0.25) is 0 Å². The van der Waals surface area contributed by atoms with Crippen LogP contribution in [0.1, 0.15) is 31.4 Å². The zero-order chi connectivity index (χ0) is 15.9. The van der Waals surface area contributed by atoms with Gasteiger partial charge in [-0.25, -0.2) is 0 Å². The van der Waals surface area contributed by atoms with Crippen LogP contribution in [0, 0.1) is 11.3 Å². The fourth-order valence-electron chi connectivity index (χ4n) is 2.44. The molecule has 1 heterocycles. The number of likely N-dealkylation sites (tertiary alicyclic amines) is 1. The van der Waals surface area contributed by atoms with Gasteiger partial charge in [-0.1, -0.05) is 12.1 Å². The summed E-state index contributed by atoms with van der Waals surface area (Å²) >= 11 is 0. The number of carbonyl (C=O) groups is 1. The fourth-order valence-corrected chi connectivity index (χ4v) is 2.44. The van der Waals surface area contributed by atoms with Gasteiger partial charge in [-0.15, -0.1) is 0 Å². The van der Waals surface area contributed by atoms with Gasteiger partial charge in [-0.3, -0.25) is 4.79 Å². The van der Waals surface area contributed by atoms with E-state index in [-0.39, 0.29) is 17.5 Å². The molecule has 5 nitrogen and oxygen atoms in total. The van der Waals surface area contributed by atoms with Crippen LogP contribution >= 0.6 is 0 Å². The van der Waals surface area contributed by atoms with Crippen molar-refractivity contribution in [2.24, 2.45) is 0 Å². The van der Waals surface area contributed by atoms with E-state index in [1.54, 1.807) is 13.3 Å². The Balaban J connectivity index is 2.00. The number of nitrogens with zero attached hydrogens (tertiary/aromatic N) is 2. The number of nitriles is 1. The SMILES string of the molecule is COc1ccc(C(C)NC(=O)/C(C#N)=C\N2CCCC2)cc1. The fraction of sp³-hybridized carbons (Fsp3) is 0.412. The summed E-state index contributed by atoms with van der Waals surface area (Å²) in [5, 5.41) is 12.0. The van der Waals surface area contributed by atoms with Crippen molar-refractivity contribution in [2.45, 2.75) is 25.8 Å². The monoisotopic (exact) mass is 299 g/mol. The second-order valence-electron chi connectivity index (χ2n) is 5.37. The summed E-state index contributed by atoms with van der Waals surface area (Å²) in [6, 6.07) is 9.33. The lowest BCUT2D eigenvalue weighted by atomic mass is 10.1. The predicted molar refractivity (Wildman–Crippen MR) is 84.1 cm³/mol. The third-order valence-electron chi connectivity index (χ3n) is 3.78. The van der Waals surface area contributed by atoms with E-state index < -0.39 is 0 Å². The van der Waals surface area contributed by atoms with Crippen LogP contribution in [0.2, 0.25) is 0 Å². The number of benzene rings is 1. The molecular weight excluding hydrogens is 278 g/mol. The summed E-state index contributed by atoms with van der Waals surface area (Å²) in [7, 11) is 1.61. The van der Waals surface area contributed by atoms with Crippen LogP contribution in [0.4, 0.5) is 0 Å².